The number of likely N-dealkylation sites (tertiary alicyclic amines) is 1. The highest BCUT2D eigenvalue weighted by Gasteiger charge is 2.39. The number of hydrogen-bond donors (Lipinski definition) is 0. The molecule has 5 nitrogen and oxygen atoms in total. The van der Waals surface area contributed by atoms with E-state index in [4.69, 9.17) is 14.7 Å². The second-order valence-electron chi connectivity index (χ2n) is 9.58. The van der Waals surface area contributed by atoms with E-state index in [1.54, 1.807) is 4.90 Å². The van der Waals surface area contributed by atoms with Gasteiger partial charge in [0.2, 0.25) is 0 Å². The van der Waals surface area contributed by atoms with E-state index in [1.807, 2.05) is 63.4 Å². The van der Waals surface area contributed by atoms with Gasteiger partial charge in [-0.25, -0.2) is 14.8 Å². The lowest BCUT2D eigenvalue weighted by Crippen LogP contribution is -2.55. The van der Waals surface area contributed by atoms with Crippen LogP contribution < -0.4 is 0 Å². The second kappa shape index (κ2) is 9.11. The van der Waals surface area contributed by atoms with Crippen molar-refractivity contribution < 1.29 is 9.53 Å². The molecule has 1 amide bonds. The van der Waals surface area contributed by atoms with E-state index in [0.717, 1.165) is 22.7 Å². The smallest absolute Gasteiger partial charge is 0.410 e. The molecule has 166 valence electrons. The van der Waals surface area contributed by atoms with Crippen LogP contribution in [0.2, 0.25) is 0 Å². The summed E-state index contributed by atoms with van der Waals surface area (Å²) in [5, 5.41) is 0. The van der Waals surface area contributed by atoms with Crippen molar-refractivity contribution in [3.8, 4) is 0 Å². The van der Waals surface area contributed by atoms with E-state index in [1.165, 1.54) is 0 Å². The standard InChI is InChI=1S/C27H31N3O2/c1-19-15-24(28-16-23(19)22-17-30(18-22)26(31)32-27(2,3)4)29-25(20-11-7-5-8-12-20)21-13-9-6-10-14-21/h5-16,19,22-23H,17-18H2,1-4H3. The number of hydrogen-bond acceptors (Lipinski definition) is 4. The summed E-state index contributed by atoms with van der Waals surface area (Å²) in [6.07, 6.45) is 3.94. The molecule has 2 heterocycles. The molecule has 2 unspecified atom stereocenters. The third-order valence-electron chi connectivity index (χ3n) is 5.82. The molecular weight excluding hydrogens is 398 g/mol. The van der Waals surface area contributed by atoms with Crippen LogP contribution in [0.4, 0.5) is 4.79 Å². The fourth-order valence-electron chi connectivity index (χ4n) is 4.14. The highest BCUT2D eigenvalue weighted by Crippen LogP contribution is 2.33. The molecule has 5 heteroatoms. The van der Waals surface area contributed by atoms with Crippen molar-refractivity contribution in [3.63, 3.8) is 0 Å². The van der Waals surface area contributed by atoms with Crippen molar-refractivity contribution in [2.45, 2.75) is 33.3 Å². The van der Waals surface area contributed by atoms with E-state index in [-0.39, 0.29) is 6.09 Å². The highest BCUT2D eigenvalue weighted by molar-refractivity contribution is 6.13. The van der Waals surface area contributed by atoms with Gasteiger partial charge in [-0.15, -0.1) is 0 Å². The molecule has 0 bridgehead atoms. The summed E-state index contributed by atoms with van der Waals surface area (Å²) < 4.78 is 5.47. The van der Waals surface area contributed by atoms with E-state index in [2.05, 4.69) is 37.3 Å². The minimum Gasteiger partial charge on any atom is -0.444 e. The minimum atomic E-state index is -0.466. The van der Waals surface area contributed by atoms with Crippen molar-refractivity contribution >= 4 is 18.0 Å². The summed E-state index contributed by atoms with van der Waals surface area (Å²) in [5.41, 5.74) is 2.58. The predicted octanol–water partition coefficient (Wildman–Crippen LogP) is 5.57. The van der Waals surface area contributed by atoms with Gasteiger partial charge in [-0.05, 0) is 32.8 Å². The summed E-state index contributed by atoms with van der Waals surface area (Å²) in [6, 6.07) is 20.4. The number of carbonyl (C=O) groups excluding carboxylic acids is 1. The molecular formula is C27H31N3O2. The van der Waals surface area contributed by atoms with Gasteiger partial charge >= 0.3 is 6.09 Å². The van der Waals surface area contributed by atoms with Crippen molar-refractivity contribution in [3.05, 3.63) is 83.7 Å². The monoisotopic (exact) mass is 429 g/mol. The normalized spacial score (nSPS) is 20.9. The zero-order chi connectivity index (χ0) is 22.7. The molecule has 2 aromatic rings. The van der Waals surface area contributed by atoms with Gasteiger partial charge in [0.1, 0.15) is 11.4 Å². The maximum absolute atomic E-state index is 12.2. The number of nitrogens with zero attached hydrogens (tertiary/aromatic N) is 3. The average Bonchev–Trinajstić information content (AvgIpc) is 2.72. The molecule has 0 spiro atoms. The Morgan fingerprint density at radius 3 is 2.06 bits per heavy atom. The fourth-order valence-corrected chi connectivity index (χ4v) is 4.14. The fraction of sp³-hybridized carbons (Fsp3) is 0.370. The van der Waals surface area contributed by atoms with Crippen LogP contribution in [-0.2, 0) is 4.74 Å². The van der Waals surface area contributed by atoms with E-state index >= 15 is 0 Å². The summed E-state index contributed by atoms with van der Waals surface area (Å²) in [5.74, 6) is 1.72. The SMILES string of the molecule is CC1C=C(N=C(c2ccccc2)c2ccccc2)N=CC1C1CN(C(=O)OC(C)(C)C)C1. The van der Waals surface area contributed by atoms with Gasteiger partial charge in [0, 0.05) is 42.3 Å². The molecule has 4 rings (SSSR count). The summed E-state index contributed by atoms with van der Waals surface area (Å²) >= 11 is 0. The van der Waals surface area contributed by atoms with Crippen molar-refractivity contribution in [2.24, 2.45) is 27.7 Å². The molecule has 1 saturated heterocycles. The third-order valence-corrected chi connectivity index (χ3v) is 5.82. The summed E-state index contributed by atoms with van der Waals surface area (Å²) in [7, 11) is 0. The van der Waals surface area contributed by atoms with Gasteiger partial charge in [0.05, 0.1) is 5.71 Å². The molecule has 1 fully saturated rings. The largest absolute Gasteiger partial charge is 0.444 e. The van der Waals surface area contributed by atoms with Crippen LogP contribution in [0.15, 0.2) is 82.5 Å². The van der Waals surface area contributed by atoms with E-state index < -0.39 is 5.60 Å². The Balaban J connectivity index is 1.47. The minimum absolute atomic E-state index is 0.231. The summed E-state index contributed by atoms with van der Waals surface area (Å²) in [6.45, 7) is 9.30. The molecule has 0 aliphatic carbocycles. The maximum Gasteiger partial charge on any atom is 0.410 e. The van der Waals surface area contributed by atoms with Crippen LogP contribution in [0.25, 0.3) is 0 Å². The van der Waals surface area contributed by atoms with Gasteiger partial charge in [0.15, 0.2) is 0 Å². The maximum atomic E-state index is 12.2. The first-order chi connectivity index (χ1) is 15.3. The number of amides is 1. The lowest BCUT2D eigenvalue weighted by atomic mass is 9.78. The Bertz CT molecular complexity index is 988. The highest BCUT2D eigenvalue weighted by atomic mass is 16.6. The molecule has 2 aliphatic rings. The van der Waals surface area contributed by atoms with Crippen molar-refractivity contribution in [1.82, 2.24) is 4.90 Å². The third kappa shape index (κ3) is 5.16. The molecule has 2 aromatic carbocycles. The first-order valence-electron chi connectivity index (χ1n) is 11.2. The summed E-state index contributed by atoms with van der Waals surface area (Å²) in [4.78, 5) is 23.6. The molecule has 0 N–H and O–H groups in total. The second-order valence-corrected chi connectivity index (χ2v) is 9.58. The molecule has 0 radical (unpaired) electrons. The first kappa shape index (κ1) is 22.0. The van der Waals surface area contributed by atoms with E-state index in [0.29, 0.717) is 30.8 Å². The zero-order valence-electron chi connectivity index (χ0n) is 19.2. The van der Waals surface area contributed by atoms with Crippen LogP contribution in [0.5, 0.6) is 0 Å². The van der Waals surface area contributed by atoms with Crippen LogP contribution in [0.3, 0.4) is 0 Å². The van der Waals surface area contributed by atoms with Crippen LogP contribution in [-0.4, -0.2) is 41.6 Å². The first-order valence-corrected chi connectivity index (χ1v) is 11.2. The Morgan fingerprint density at radius 2 is 1.56 bits per heavy atom. The zero-order valence-corrected chi connectivity index (χ0v) is 19.2. The molecule has 32 heavy (non-hydrogen) atoms. The number of aliphatic imine (C=N–C) groups is 2. The Morgan fingerprint density at radius 1 is 1.00 bits per heavy atom. The Kier molecular flexibility index (Phi) is 6.26. The van der Waals surface area contributed by atoms with Crippen molar-refractivity contribution in [1.29, 1.82) is 0 Å². The molecule has 0 saturated carbocycles. The lowest BCUT2D eigenvalue weighted by Gasteiger charge is -2.44. The quantitative estimate of drug-likeness (QED) is 0.597. The predicted molar refractivity (Wildman–Crippen MR) is 129 cm³/mol. The molecule has 2 aliphatic heterocycles. The Hall–Kier alpha value is -3.21. The van der Waals surface area contributed by atoms with Crippen LogP contribution in [0, 0.1) is 17.8 Å². The van der Waals surface area contributed by atoms with E-state index in [9.17, 15) is 4.79 Å². The van der Waals surface area contributed by atoms with Crippen molar-refractivity contribution in [2.75, 3.05) is 13.1 Å². The Labute approximate surface area is 190 Å². The van der Waals surface area contributed by atoms with Crippen LogP contribution >= 0.6 is 0 Å². The molecule has 2 atom stereocenters. The van der Waals surface area contributed by atoms with Gasteiger partial charge in [0.25, 0.3) is 0 Å². The average molecular weight is 430 g/mol. The van der Waals surface area contributed by atoms with Gasteiger partial charge in [-0.2, -0.15) is 0 Å². The topological polar surface area (TPSA) is 54.3 Å². The van der Waals surface area contributed by atoms with Crippen LogP contribution in [0.1, 0.15) is 38.8 Å². The number of allylic oxidation sites excluding steroid dienone is 1. The lowest BCUT2D eigenvalue weighted by molar-refractivity contribution is -0.00788. The van der Waals surface area contributed by atoms with Gasteiger partial charge in [-0.1, -0.05) is 67.6 Å². The van der Waals surface area contributed by atoms with Gasteiger partial charge < -0.3 is 9.64 Å². The van der Waals surface area contributed by atoms with Gasteiger partial charge in [-0.3, -0.25) is 0 Å². The number of benzene rings is 2. The number of ether oxygens (including phenoxy) is 1. The number of rotatable bonds is 4. The number of carbonyl (C=O) groups is 1. The molecule has 0 aromatic heterocycles.